The minimum atomic E-state index is -1.04. The molecule has 0 fully saturated rings. The van der Waals surface area contributed by atoms with Crippen molar-refractivity contribution in [2.45, 2.75) is 6.42 Å². The van der Waals surface area contributed by atoms with Crippen molar-refractivity contribution in [1.29, 1.82) is 0 Å². The maximum atomic E-state index is 14.5. The van der Waals surface area contributed by atoms with Crippen LogP contribution in [0.4, 0.5) is 8.78 Å². The van der Waals surface area contributed by atoms with E-state index in [2.05, 4.69) is 20.2 Å². The maximum absolute atomic E-state index is 14.5. The van der Waals surface area contributed by atoms with Crippen LogP contribution in [0.15, 0.2) is 64.3 Å². The molecule has 0 atom stereocenters. The Labute approximate surface area is 178 Å². The minimum absolute atomic E-state index is 0.0445. The number of nitrogens with zero attached hydrogens (tertiary/aromatic N) is 4. The van der Waals surface area contributed by atoms with Crippen LogP contribution in [0.5, 0.6) is 0 Å². The van der Waals surface area contributed by atoms with Gasteiger partial charge in [-0.3, -0.25) is 9.36 Å². The normalized spacial score (nSPS) is 11.3. The molecule has 0 bridgehead atoms. The number of hydrogen-bond acceptors (Lipinski definition) is 5. The first-order chi connectivity index (χ1) is 15.0. The van der Waals surface area contributed by atoms with E-state index < -0.39 is 17.2 Å². The van der Waals surface area contributed by atoms with E-state index in [4.69, 9.17) is 16.0 Å². The van der Waals surface area contributed by atoms with Gasteiger partial charge in [-0.25, -0.2) is 13.8 Å². The van der Waals surface area contributed by atoms with Crippen molar-refractivity contribution in [3.05, 3.63) is 93.7 Å². The summed E-state index contributed by atoms with van der Waals surface area (Å²) in [5.74, 6) is -1.21. The molecule has 3 aromatic rings. The predicted molar refractivity (Wildman–Crippen MR) is 108 cm³/mol. The molecule has 1 N–H and O–H groups in total. The van der Waals surface area contributed by atoms with Crippen LogP contribution < -0.4 is 5.56 Å². The SMILES string of the molecule is O=c1c(Cc2ccco2)nc2c(-c3cnnc(Cl)c3)[nH]c(-c3cccc(F)c3F)cn1-2. The second-order valence-electron chi connectivity index (χ2n) is 6.72. The van der Waals surface area contributed by atoms with E-state index in [1.165, 1.54) is 41.4 Å². The highest BCUT2D eigenvalue weighted by Crippen LogP contribution is 2.30. The van der Waals surface area contributed by atoms with Gasteiger partial charge in [0.15, 0.2) is 22.6 Å². The van der Waals surface area contributed by atoms with E-state index in [9.17, 15) is 13.6 Å². The van der Waals surface area contributed by atoms with E-state index in [-0.39, 0.29) is 34.3 Å². The summed E-state index contributed by atoms with van der Waals surface area (Å²) in [6.45, 7) is 0. The second-order valence-corrected chi connectivity index (χ2v) is 7.11. The number of aromatic amines is 1. The maximum Gasteiger partial charge on any atom is 0.278 e. The highest BCUT2D eigenvalue weighted by atomic mass is 35.5. The van der Waals surface area contributed by atoms with Crippen molar-refractivity contribution in [2.75, 3.05) is 0 Å². The highest BCUT2D eigenvalue weighted by Gasteiger charge is 2.23. The predicted octanol–water partition coefficient (Wildman–Crippen LogP) is 4.24. The quantitative estimate of drug-likeness (QED) is 0.452. The molecular weight excluding hydrogens is 428 g/mol. The summed E-state index contributed by atoms with van der Waals surface area (Å²) in [6, 6.07) is 8.77. The Morgan fingerprint density at radius 3 is 2.84 bits per heavy atom. The van der Waals surface area contributed by atoms with E-state index in [1.807, 2.05) is 0 Å². The van der Waals surface area contributed by atoms with Gasteiger partial charge < -0.3 is 9.40 Å². The van der Waals surface area contributed by atoms with E-state index in [0.717, 1.165) is 6.07 Å². The van der Waals surface area contributed by atoms with Crippen LogP contribution in [0, 0.1) is 11.6 Å². The zero-order valence-corrected chi connectivity index (χ0v) is 16.4. The molecule has 2 aromatic heterocycles. The van der Waals surface area contributed by atoms with Crippen LogP contribution in [-0.4, -0.2) is 24.7 Å². The molecular formula is C21H12ClF2N5O2. The van der Waals surface area contributed by atoms with Crippen LogP contribution in [-0.2, 0) is 6.42 Å². The molecule has 154 valence electrons. The molecule has 0 aliphatic carbocycles. The number of halogens is 3. The third-order valence-corrected chi connectivity index (χ3v) is 4.94. The van der Waals surface area contributed by atoms with Crippen LogP contribution in [0.3, 0.4) is 0 Å². The summed E-state index contributed by atoms with van der Waals surface area (Å²) < 4.78 is 34.9. The number of fused-ring (bicyclic) bond motifs is 1. The Morgan fingerprint density at radius 1 is 1.19 bits per heavy atom. The molecule has 0 saturated heterocycles. The molecule has 4 heterocycles. The van der Waals surface area contributed by atoms with Crippen molar-refractivity contribution in [1.82, 2.24) is 24.7 Å². The van der Waals surface area contributed by atoms with Gasteiger partial charge in [0.1, 0.15) is 11.5 Å². The van der Waals surface area contributed by atoms with Gasteiger partial charge in [0.25, 0.3) is 5.56 Å². The molecule has 0 saturated carbocycles. The lowest BCUT2D eigenvalue weighted by Gasteiger charge is -2.13. The Bertz CT molecular complexity index is 1430. The van der Waals surface area contributed by atoms with Crippen molar-refractivity contribution in [2.24, 2.45) is 0 Å². The summed E-state index contributed by atoms with van der Waals surface area (Å²) >= 11 is 5.98. The molecule has 1 aromatic carbocycles. The summed E-state index contributed by atoms with van der Waals surface area (Å²) in [4.78, 5) is 20.6. The average Bonchev–Trinajstić information content (AvgIpc) is 3.38. The van der Waals surface area contributed by atoms with Crippen molar-refractivity contribution in [3.63, 3.8) is 0 Å². The first-order valence-corrected chi connectivity index (χ1v) is 9.48. The number of nitrogens with one attached hydrogen (secondary N) is 1. The Morgan fingerprint density at radius 2 is 2.06 bits per heavy atom. The second kappa shape index (κ2) is 7.44. The standard InChI is InChI=1S/C21H12ClF2N5O2/c22-17-7-11(9-25-28-17)19-20-27-15(8-12-3-2-6-31-12)21(30)29(20)10-16(26-19)13-4-1-5-14(23)18(13)24/h1-7,9-10,26H,8H2. The van der Waals surface area contributed by atoms with Gasteiger partial charge in [0.05, 0.1) is 30.3 Å². The molecule has 0 radical (unpaired) electrons. The van der Waals surface area contributed by atoms with Crippen LogP contribution in [0.1, 0.15) is 11.5 Å². The number of imidazole rings is 1. The smallest absolute Gasteiger partial charge is 0.278 e. The number of H-pyrrole nitrogens is 1. The lowest BCUT2D eigenvalue weighted by molar-refractivity contribution is 0.511. The number of aromatic nitrogens is 5. The summed E-state index contributed by atoms with van der Waals surface area (Å²) in [5.41, 5.74) is 0.768. The van der Waals surface area contributed by atoms with Crippen LogP contribution in [0.2, 0.25) is 5.15 Å². The van der Waals surface area contributed by atoms with Crippen LogP contribution in [0.25, 0.3) is 28.3 Å². The summed E-state index contributed by atoms with van der Waals surface area (Å²) in [5, 5.41) is 7.66. The molecule has 7 nitrogen and oxygen atoms in total. The van der Waals surface area contributed by atoms with E-state index in [0.29, 0.717) is 17.0 Å². The number of rotatable bonds is 4. The van der Waals surface area contributed by atoms with E-state index in [1.54, 1.807) is 12.1 Å². The van der Waals surface area contributed by atoms with Gasteiger partial charge in [-0.05, 0) is 30.3 Å². The number of hydrogen-bond donors (Lipinski definition) is 1. The fourth-order valence-electron chi connectivity index (χ4n) is 3.33. The summed E-state index contributed by atoms with van der Waals surface area (Å²) in [7, 11) is 0. The van der Waals surface area contributed by atoms with Crippen molar-refractivity contribution >= 4 is 11.6 Å². The minimum Gasteiger partial charge on any atom is -0.469 e. The molecule has 0 spiro atoms. The first kappa shape index (κ1) is 19.1. The van der Waals surface area contributed by atoms with Crippen molar-refractivity contribution < 1.29 is 13.2 Å². The number of furan rings is 1. The van der Waals surface area contributed by atoms with Gasteiger partial charge in [0, 0.05) is 17.3 Å². The topological polar surface area (TPSA) is 89.6 Å². The lowest BCUT2D eigenvalue weighted by atomic mass is 10.1. The Kier molecular flexibility index (Phi) is 4.59. The van der Waals surface area contributed by atoms with Crippen molar-refractivity contribution in [3.8, 4) is 28.3 Å². The fourth-order valence-corrected chi connectivity index (χ4v) is 3.49. The molecule has 0 unspecified atom stereocenters. The summed E-state index contributed by atoms with van der Waals surface area (Å²) in [6.07, 6.45) is 4.49. The largest absolute Gasteiger partial charge is 0.469 e. The molecule has 2 aliphatic heterocycles. The van der Waals surface area contributed by atoms with Gasteiger partial charge in [-0.2, -0.15) is 5.10 Å². The van der Waals surface area contributed by atoms with Gasteiger partial charge in [0.2, 0.25) is 0 Å². The monoisotopic (exact) mass is 439 g/mol. The fraction of sp³-hybridized carbons (Fsp3) is 0.0476. The first-order valence-electron chi connectivity index (χ1n) is 9.11. The zero-order valence-electron chi connectivity index (χ0n) is 15.6. The van der Waals surface area contributed by atoms with Gasteiger partial charge in [-0.15, -0.1) is 5.10 Å². The molecule has 2 aliphatic rings. The van der Waals surface area contributed by atoms with Gasteiger partial charge in [-0.1, -0.05) is 17.7 Å². The van der Waals surface area contributed by atoms with Gasteiger partial charge >= 0.3 is 0 Å². The van der Waals surface area contributed by atoms with Crippen LogP contribution >= 0.6 is 11.6 Å². The molecule has 10 heteroatoms. The Hall–Kier alpha value is -3.85. The number of benzene rings is 1. The third-order valence-electron chi connectivity index (χ3n) is 4.75. The van der Waals surface area contributed by atoms with E-state index >= 15 is 0 Å². The highest BCUT2D eigenvalue weighted by molar-refractivity contribution is 6.29. The average molecular weight is 440 g/mol. The molecule has 0 amide bonds. The Balaban J connectivity index is 1.78. The third kappa shape index (κ3) is 3.38. The lowest BCUT2D eigenvalue weighted by Crippen LogP contribution is -2.17. The zero-order chi connectivity index (χ0) is 21.5. The molecule has 31 heavy (non-hydrogen) atoms. The molecule has 5 rings (SSSR count).